The molecule has 0 amide bonds. The van der Waals surface area contributed by atoms with Crippen LogP contribution in [0.15, 0.2) is 36.7 Å². The smallest absolute Gasteiger partial charge is 0.367 e. The number of benzene rings is 1. The highest BCUT2D eigenvalue weighted by molar-refractivity contribution is 5.59. The maximum Gasteiger partial charge on any atom is 0.416 e. The minimum atomic E-state index is -4.36. The average molecular weight is 336 g/mol. The first-order valence-electron chi connectivity index (χ1n) is 8.03. The summed E-state index contributed by atoms with van der Waals surface area (Å²) in [4.78, 5) is 8.27. The summed E-state index contributed by atoms with van der Waals surface area (Å²) in [5.41, 5.74) is -0.353. The van der Waals surface area contributed by atoms with Crippen molar-refractivity contribution in [2.75, 3.05) is 10.6 Å². The summed E-state index contributed by atoms with van der Waals surface area (Å²) in [6.07, 6.45) is 2.94. The van der Waals surface area contributed by atoms with Gasteiger partial charge in [-0.15, -0.1) is 0 Å². The van der Waals surface area contributed by atoms with Crippen LogP contribution in [-0.2, 0) is 6.18 Å². The van der Waals surface area contributed by atoms with Gasteiger partial charge in [-0.05, 0) is 31.0 Å². The lowest BCUT2D eigenvalue weighted by atomic mass is 9.95. The number of aromatic nitrogens is 2. The highest BCUT2D eigenvalue weighted by Crippen LogP contribution is 2.31. The van der Waals surface area contributed by atoms with Crippen molar-refractivity contribution in [2.45, 2.75) is 44.3 Å². The van der Waals surface area contributed by atoms with Gasteiger partial charge in [0.2, 0.25) is 0 Å². The second kappa shape index (κ2) is 7.07. The van der Waals surface area contributed by atoms with E-state index in [0.29, 0.717) is 23.4 Å². The third-order valence-electron chi connectivity index (χ3n) is 4.09. The molecule has 1 fully saturated rings. The van der Waals surface area contributed by atoms with Crippen molar-refractivity contribution in [1.82, 2.24) is 9.97 Å². The molecule has 24 heavy (non-hydrogen) atoms. The molecule has 2 aromatic rings. The molecule has 1 aromatic heterocycles. The van der Waals surface area contributed by atoms with Crippen molar-refractivity contribution in [3.05, 3.63) is 42.2 Å². The van der Waals surface area contributed by atoms with Gasteiger partial charge in [-0.2, -0.15) is 13.2 Å². The second-order valence-corrected chi connectivity index (χ2v) is 5.97. The number of hydrogen-bond donors (Lipinski definition) is 2. The molecular weight excluding hydrogens is 317 g/mol. The molecule has 1 aliphatic rings. The van der Waals surface area contributed by atoms with Crippen LogP contribution in [0.2, 0.25) is 0 Å². The van der Waals surface area contributed by atoms with E-state index in [2.05, 4.69) is 20.6 Å². The zero-order valence-corrected chi connectivity index (χ0v) is 13.1. The van der Waals surface area contributed by atoms with Crippen LogP contribution in [-0.4, -0.2) is 16.0 Å². The Balaban J connectivity index is 1.70. The molecule has 0 spiro atoms. The Hall–Kier alpha value is -2.31. The molecule has 0 unspecified atom stereocenters. The molecule has 3 rings (SSSR count). The first-order valence-corrected chi connectivity index (χ1v) is 8.03. The Kier molecular flexibility index (Phi) is 4.87. The van der Waals surface area contributed by atoms with Crippen LogP contribution in [0.4, 0.5) is 30.5 Å². The predicted octanol–water partition coefficient (Wildman–Crippen LogP) is 4.98. The van der Waals surface area contributed by atoms with Gasteiger partial charge in [0.05, 0.1) is 5.56 Å². The average Bonchev–Trinajstić information content (AvgIpc) is 2.56. The molecule has 0 atom stereocenters. The lowest BCUT2D eigenvalue weighted by Gasteiger charge is -2.23. The van der Waals surface area contributed by atoms with E-state index < -0.39 is 11.7 Å². The topological polar surface area (TPSA) is 49.8 Å². The summed E-state index contributed by atoms with van der Waals surface area (Å²) in [5.74, 6) is 1.15. The maximum absolute atomic E-state index is 12.8. The predicted molar refractivity (Wildman–Crippen MR) is 87.3 cm³/mol. The molecule has 1 aliphatic carbocycles. The highest BCUT2D eigenvalue weighted by atomic mass is 19.4. The minimum Gasteiger partial charge on any atom is -0.367 e. The zero-order chi connectivity index (χ0) is 17.0. The first kappa shape index (κ1) is 16.5. The van der Waals surface area contributed by atoms with Gasteiger partial charge in [0.1, 0.15) is 18.0 Å². The van der Waals surface area contributed by atoms with Gasteiger partial charge in [-0.1, -0.05) is 25.3 Å². The van der Waals surface area contributed by atoms with Crippen LogP contribution in [0.25, 0.3) is 0 Å². The standard InChI is InChI=1S/C17H19F3N4/c18-17(19,20)12-5-4-8-14(9-12)24-16-10-15(21-11-22-16)23-13-6-2-1-3-7-13/h4-5,8-11,13H,1-3,6-7H2,(H2,21,22,23,24). The Morgan fingerprint density at radius 3 is 2.46 bits per heavy atom. The van der Waals surface area contributed by atoms with Crippen LogP contribution in [0.3, 0.4) is 0 Å². The molecular formula is C17H19F3N4. The molecule has 0 aliphatic heterocycles. The number of halogens is 3. The molecule has 0 saturated heterocycles. The Labute approximate surface area is 138 Å². The van der Waals surface area contributed by atoms with Gasteiger partial charge in [-0.25, -0.2) is 9.97 Å². The third-order valence-corrected chi connectivity index (χ3v) is 4.09. The molecule has 7 heteroatoms. The fourth-order valence-corrected chi connectivity index (χ4v) is 2.88. The van der Waals surface area contributed by atoms with E-state index in [1.54, 1.807) is 12.1 Å². The van der Waals surface area contributed by atoms with E-state index in [0.717, 1.165) is 25.0 Å². The molecule has 0 radical (unpaired) electrons. The SMILES string of the molecule is FC(F)(F)c1cccc(Nc2cc(NC3CCCCC3)ncn2)c1. The number of anilines is 3. The largest absolute Gasteiger partial charge is 0.416 e. The Bertz CT molecular complexity index is 682. The molecule has 128 valence electrons. The summed E-state index contributed by atoms with van der Waals surface area (Å²) in [7, 11) is 0. The van der Waals surface area contributed by atoms with Crippen LogP contribution in [0.1, 0.15) is 37.7 Å². The molecule has 0 bridgehead atoms. The zero-order valence-electron chi connectivity index (χ0n) is 13.1. The Morgan fingerprint density at radius 1 is 0.958 bits per heavy atom. The fourth-order valence-electron chi connectivity index (χ4n) is 2.88. The van der Waals surface area contributed by atoms with Gasteiger partial charge in [-0.3, -0.25) is 0 Å². The second-order valence-electron chi connectivity index (χ2n) is 5.97. The molecule has 4 nitrogen and oxygen atoms in total. The number of alkyl halides is 3. The van der Waals surface area contributed by atoms with Crippen LogP contribution < -0.4 is 10.6 Å². The van der Waals surface area contributed by atoms with Crippen LogP contribution in [0.5, 0.6) is 0 Å². The Morgan fingerprint density at radius 2 is 1.71 bits per heavy atom. The summed E-state index contributed by atoms with van der Waals surface area (Å²) in [5, 5.41) is 6.27. The van der Waals surface area contributed by atoms with Crippen molar-refractivity contribution in [1.29, 1.82) is 0 Å². The quantitative estimate of drug-likeness (QED) is 0.826. The molecule has 1 saturated carbocycles. The van der Waals surface area contributed by atoms with Gasteiger partial charge < -0.3 is 10.6 Å². The van der Waals surface area contributed by atoms with Gasteiger partial charge in [0.15, 0.2) is 0 Å². The molecule has 1 heterocycles. The van der Waals surface area contributed by atoms with E-state index in [1.165, 1.54) is 31.7 Å². The summed E-state index contributed by atoms with van der Waals surface area (Å²) in [6, 6.07) is 7.17. The summed E-state index contributed by atoms with van der Waals surface area (Å²) >= 11 is 0. The van der Waals surface area contributed by atoms with Crippen LogP contribution in [0, 0.1) is 0 Å². The number of rotatable bonds is 4. The number of nitrogens with one attached hydrogen (secondary N) is 2. The maximum atomic E-state index is 12.8. The molecule has 2 N–H and O–H groups in total. The van der Waals surface area contributed by atoms with E-state index in [1.807, 2.05) is 0 Å². The van der Waals surface area contributed by atoms with E-state index in [4.69, 9.17) is 0 Å². The summed E-state index contributed by atoms with van der Waals surface area (Å²) < 4.78 is 38.3. The van der Waals surface area contributed by atoms with Gasteiger partial charge in [0.25, 0.3) is 0 Å². The van der Waals surface area contributed by atoms with Gasteiger partial charge in [0, 0.05) is 17.8 Å². The van der Waals surface area contributed by atoms with E-state index in [9.17, 15) is 13.2 Å². The van der Waals surface area contributed by atoms with Crippen molar-refractivity contribution < 1.29 is 13.2 Å². The highest BCUT2D eigenvalue weighted by Gasteiger charge is 2.30. The van der Waals surface area contributed by atoms with Crippen molar-refractivity contribution in [3.63, 3.8) is 0 Å². The number of nitrogens with zero attached hydrogens (tertiary/aromatic N) is 2. The minimum absolute atomic E-state index is 0.340. The molecule has 1 aromatic carbocycles. The third kappa shape index (κ3) is 4.37. The van der Waals surface area contributed by atoms with Crippen LogP contribution >= 0.6 is 0 Å². The van der Waals surface area contributed by atoms with E-state index >= 15 is 0 Å². The van der Waals surface area contributed by atoms with Crippen molar-refractivity contribution in [2.24, 2.45) is 0 Å². The fraction of sp³-hybridized carbons (Fsp3) is 0.412. The lowest BCUT2D eigenvalue weighted by Crippen LogP contribution is -2.22. The summed E-state index contributed by atoms with van der Waals surface area (Å²) in [6.45, 7) is 0. The lowest BCUT2D eigenvalue weighted by molar-refractivity contribution is -0.137. The van der Waals surface area contributed by atoms with E-state index in [-0.39, 0.29) is 0 Å². The van der Waals surface area contributed by atoms with Crippen molar-refractivity contribution >= 4 is 17.3 Å². The normalized spacial score (nSPS) is 16.0. The monoisotopic (exact) mass is 336 g/mol. The van der Waals surface area contributed by atoms with Gasteiger partial charge >= 0.3 is 6.18 Å². The number of hydrogen-bond acceptors (Lipinski definition) is 4. The first-order chi connectivity index (χ1) is 11.5. The van der Waals surface area contributed by atoms with Crippen molar-refractivity contribution in [3.8, 4) is 0 Å².